The molecule has 0 aliphatic carbocycles. The van der Waals surface area contributed by atoms with Crippen molar-refractivity contribution in [3.63, 3.8) is 0 Å². The Bertz CT molecular complexity index is 350. The van der Waals surface area contributed by atoms with Crippen LogP contribution in [0.5, 0.6) is 0 Å². The molecule has 0 aliphatic heterocycles. The topological polar surface area (TPSA) is 86.7 Å². The highest BCUT2D eigenvalue weighted by atomic mass is 36.0. The van der Waals surface area contributed by atoms with E-state index >= 15 is 0 Å². The third kappa shape index (κ3) is 21.6. The van der Waals surface area contributed by atoms with Crippen molar-refractivity contribution in [1.29, 1.82) is 0 Å². The Morgan fingerprint density at radius 2 is 1.47 bits per heavy atom. The van der Waals surface area contributed by atoms with E-state index in [9.17, 15) is 9.59 Å². The highest BCUT2D eigenvalue weighted by Crippen LogP contribution is 2.14. The van der Waals surface area contributed by atoms with Gasteiger partial charge in [-0.15, -0.1) is 0 Å². The summed E-state index contributed by atoms with van der Waals surface area (Å²) in [5.41, 5.74) is -1.59. The Kier molecular flexibility index (Phi) is 8.95. The lowest BCUT2D eigenvalue weighted by Crippen LogP contribution is -2.24. The summed E-state index contributed by atoms with van der Waals surface area (Å²) in [4.78, 5) is 21.0. The lowest BCUT2D eigenvalue weighted by Gasteiger charge is -2.15. The summed E-state index contributed by atoms with van der Waals surface area (Å²) in [5.74, 6) is -0.444. The molecule has 0 bridgehead atoms. The van der Waals surface area contributed by atoms with E-state index in [-0.39, 0.29) is 0 Å². The van der Waals surface area contributed by atoms with E-state index in [2.05, 4.69) is 30.8 Å². The third-order valence-corrected chi connectivity index (χ3v) is 1.08. The first-order valence-electron chi connectivity index (χ1n) is 3.97. The van der Waals surface area contributed by atoms with Gasteiger partial charge in [0.25, 0.3) is 0 Å². The highest BCUT2D eigenvalue weighted by molar-refractivity contribution is 8.31. The van der Waals surface area contributed by atoms with Crippen molar-refractivity contribution < 1.29 is 27.5 Å². The highest BCUT2D eigenvalue weighted by Gasteiger charge is 2.23. The van der Waals surface area contributed by atoms with Crippen molar-refractivity contribution in [1.82, 2.24) is 0 Å². The summed E-state index contributed by atoms with van der Waals surface area (Å²) in [6, 6.07) is 0. The summed E-state index contributed by atoms with van der Waals surface area (Å²) in [7, 11) is 4.81. The third-order valence-electron chi connectivity index (χ3n) is 0.975. The van der Waals surface area contributed by atoms with Crippen LogP contribution in [0.15, 0.2) is 0 Å². The van der Waals surface area contributed by atoms with Gasteiger partial charge in [0.1, 0.15) is 0 Å². The number of rotatable bonds is 2. The summed E-state index contributed by atoms with van der Waals surface area (Å²) in [5, 5.41) is 0. The van der Waals surface area contributed by atoms with Crippen LogP contribution < -0.4 is 0 Å². The maximum absolute atomic E-state index is 11.0. The zero-order valence-electron chi connectivity index (χ0n) is 9.20. The molecule has 102 valence electrons. The zero-order chi connectivity index (χ0) is 14.3. The van der Waals surface area contributed by atoms with Crippen LogP contribution in [0.4, 0.5) is 4.79 Å². The predicted octanol–water partition coefficient (Wildman–Crippen LogP) is 2.62. The zero-order valence-corrected chi connectivity index (χ0v) is 12.3. The molecule has 0 aromatic rings. The largest absolute Gasteiger partial charge is 0.427 e. The fraction of sp³-hybridized carbons (Fsp3) is 0.714. The minimum atomic E-state index is -3.72. The Morgan fingerprint density at radius 3 is 1.71 bits per heavy atom. The van der Waals surface area contributed by atoms with Crippen molar-refractivity contribution in [3.8, 4) is 0 Å². The van der Waals surface area contributed by atoms with Gasteiger partial charge in [0.05, 0.1) is 5.41 Å². The smallest absolute Gasteiger partial charge is 0.406 e. The summed E-state index contributed by atoms with van der Waals surface area (Å²) >= 11 is 4.82. The van der Waals surface area contributed by atoms with Crippen LogP contribution in [0.25, 0.3) is 0 Å². The summed E-state index contributed by atoms with van der Waals surface area (Å²) < 4.78 is 27.1. The first-order chi connectivity index (χ1) is 7.34. The van der Waals surface area contributed by atoms with Crippen molar-refractivity contribution >= 4 is 52.6 Å². The molecule has 0 unspecified atom stereocenters. The van der Waals surface area contributed by atoms with Crippen LogP contribution >= 0.6 is 33.0 Å². The molecule has 0 saturated heterocycles. The first kappa shape index (κ1) is 19.1. The second-order valence-electron chi connectivity index (χ2n) is 3.56. The van der Waals surface area contributed by atoms with Gasteiger partial charge in [-0.3, -0.25) is 4.79 Å². The lowest BCUT2D eigenvalue weighted by molar-refractivity contribution is -0.160. The molecule has 0 rings (SSSR count). The molecule has 0 heterocycles. The van der Waals surface area contributed by atoms with Crippen LogP contribution in [0.1, 0.15) is 20.8 Å². The van der Waals surface area contributed by atoms with Gasteiger partial charge in [-0.25, -0.2) is 4.79 Å². The molecule has 0 N–H and O–H groups in total. The van der Waals surface area contributed by atoms with E-state index in [4.69, 9.17) is 20.0 Å². The van der Waals surface area contributed by atoms with E-state index in [0.29, 0.717) is 0 Å². The number of halogens is 3. The molecule has 0 aliphatic rings. The molecule has 0 aromatic carbocycles. The maximum atomic E-state index is 11.0. The second-order valence-corrected chi connectivity index (χ2v) is 7.54. The Morgan fingerprint density at radius 1 is 1.12 bits per heavy atom. The van der Waals surface area contributed by atoms with Gasteiger partial charge in [0, 0.05) is 33.0 Å². The minimum absolute atomic E-state index is 0.432. The fourth-order valence-corrected chi connectivity index (χ4v) is 0.390. The first-order valence-corrected chi connectivity index (χ1v) is 7.49. The van der Waals surface area contributed by atoms with Gasteiger partial charge < -0.3 is 9.47 Å². The molecule has 0 radical (unpaired) electrons. The van der Waals surface area contributed by atoms with Crippen LogP contribution in [0.3, 0.4) is 0 Å². The number of hydrogen-bond acceptors (Lipinski definition) is 6. The maximum Gasteiger partial charge on any atom is 0.406 e. The van der Waals surface area contributed by atoms with Gasteiger partial charge in [-0.1, -0.05) is 0 Å². The average molecular weight is 330 g/mol. The van der Waals surface area contributed by atoms with Crippen LogP contribution in [0, 0.1) is 5.41 Å². The molecule has 6 nitrogen and oxygen atoms in total. The number of esters is 1. The van der Waals surface area contributed by atoms with Crippen molar-refractivity contribution in [2.24, 2.45) is 5.41 Å². The Hall–Kier alpha value is -0.240. The number of ether oxygens (including phenoxy) is 2. The van der Waals surface area contributed by atoms with Gasteiger partial charge in [-0.2, -0.15) is 8.42 Å². The molecule has 17 heavy (non-hydrogen) atoms. The molecule has 0 atom stereocenters. The quantitative estimate of drug-likeness (QED) is 0.440. The van der Waals surface area contributed by atoms with Crippen LogP contribution in [-0.2, 0) is 22.5 Å². The van der Waals surface area contributed by atoms with E-state index in [0.717, 1.165) is 0 Å². The Balaban J connectivity index is 0. The monoisotopic (exact) mass is 328 g/mol. The molecule has 10 heteroatoms. The SMILES string of the molecule is CC(C)(C)C(=O)OCOC(=O)Cl.O=S(=O)(Cl)Cl. The van der Waals surface area contributed by atoms with Gasteiger partial charge >= 0.3 is 19.7 Å². The van der Waals surface area contributed by atoms with Gasteiger partial charge in [-0.05, 0) is 20.8 Å². The van der Waals surface area contributed by atoms with Gasteiger partial charge in [0.15, 0.2) is 0 Å². The fourth-order valence-electron chi connectivity index (χ4n) is 0.346. The lowest BCUT2D eigenvalue weighted by atomic mass is 9.98. The molecule has 0 spiro atoms. The molecule has 0 saturated carbocycles. The van der Waals surface area contributed by atoms with Crippen molar-refractivity contribution in [2.75, 3.05) is 6.79 Å². The molecular weight excluding hydrogens is 318 g/mol. The van der Waals surface area contributed by atoms with Crippen LogP contribution in [-0.4, -0.2) is 26.6 Å². The van der Waals surface area contributed by atoms with Gasteiger partial charge in [0.2, 0.25) is 6.79 Å². The Labute approximate surface area is 113 Å². The second kappa shape index (κ2) is 7.97. The predicted molar refractivity (Wildman–Crippen MR) is 63.4 cm³/mol. The molecule has 0 fully saturated rings. The number of hydrogen-bond donors (Lipinski definition) is 0. The summed E-state index contributed by atoms with van der Waals surface area (Å²) in [6.45, 7) is 4.64. The standard InChI is InChI=1S/C7H11ClO4.Cl2O2S/c1-7(2,3)5(9)11-4-12-6(8)10;1-5(2,3)4/h4H2,1-3H3;. The number of carbonyl (C=O) groups is 2. The average Bonchev–Trinajstić information content (AvgIpc) is 1.97. The van der Waals surface area contributed by atoms with Crippen LogP contribution in [0.2, 0.25) is 0 Å². The van der Waals surface area contributed by atoms with Crippen molar-refractivity contribution in [2.45, 2.75) is 20.8 Å². The van der Waals surface area contributed by atoms with Crippen molar-refractivity contribution in [3.05, 3.63) is 0 Å². The van der Waals surface area contributed by atoms with E-state index in [1.807, 2.05) is 0 Å². The molecule has 0 amide bonds. The number of carbonyl (C=O) groups excluding carboxylic acids is 2. The van der Waals surface area contributed by atoms with E-state index in [1.54, 1.807) is 20.8 Å². The minimum Gasteiger partial charge on any atom is -0.427 e. The van der Waals surface area contributed by atoms with E-state index < -0.39 is 31.9 Å². The molecular formula is C7H11Cl3O6S. The normalized spacial score (nSPS) is 10.9. The summed E-state index contributed by atoms with van der Waals surface area (Å²) in [6.07, 6.45) is 0. The van der Waals surface area contributed by atoms with E-state index in [1.165, 1.54) is 0 Å². The molecule has 0 aromatic heterocycles.